The molecule has 0 aliphatic heterocycles. The van der Waals surface area contributed by atoms with E-state index in [9.17, 15) is 9.59 Å². The lowest BCUT2D eigenvalue weighted by atomic mass is 10.3. The fraction of sp³-hybridized carbons (Fsp3) is 0.182. The molecule has 0 saturated carbocycles. The van der Waals surface area contributed by atoms with E-state index in [-0.39, 0.29) is 29.1 Å². The Hall–Kier alpha value is -2.55. The predicted molar refractivity (Wildman–Crippen MR) is 71.5 cm³/mol. The van der Waals surface area contributed by atoms with Gasteiger partial charge < -0.3 is 9.84 Å². The zero-order valence-corrected chi connectivity index (χ0v) is 11.2. The lowest BCUT2D eigenvalue weighted by Crippen LogP contribution is -2.27. The fourth-order valence-corrected chi connectivity index (χ4v) is 2.27. The summed E-state index contributed by atoms with van der Waals surface area (Å²) in [6, 6.07) is 0. The first-order valence-electron chi connectivity index (χ1n) is 5.66. The molecule has 0 unspecified atom stereocenters. The molecule has 3 heterocycles. The summed E-state index contributed by atoms with van der Waals surface area (Å²) in [5.74, 6) is -0.350. The van der Waals surface area contributed by atoms with Crippen LogP contribution in [-0.4, -0.2) is 25.6 Å². The molecule has 1 amide bonds. The molecule has 0 spiro atoms. The van der Waals surface area contributed by atoms with Gasteiger partial charge in [0.2, 0.25) is 5.91 Å². The van der Waals surface area contributed by atoms with Gasteiger partial charge in [-0.1, -0.05) is 5.16 Å². The van der Waals surface area contributed by atoms with E-state index >= 15 is 0 Å². The standard InChI is InChI=1S/C11H9N5O3S/c1-6-8-9(19-15-6)13-5-16(10(8)18)4-7(17)14-11-12-2-3-20-11/h2-3,5H,4H2,1H3,(H,12,14,17). The van der Waals surface area contributed by atoms with Crippen LogP contribution in [0, 0.1) is 6.92 Å². The summed E-state index contributed by atoms with van der Waals surface area (Å²) in [6.07, 6.45) is 2.84. The molecule has 20 heavy (non-hydrogen) atoms. The van der Waals surface area contributed by atoms with Gasteiger partial charge in [0, 0.05) is 11.6 Å². The van der Waals surface area contributed by atoms with Crippen molar-refractivity contribution < 1.29 is 9.32 Å². The molecule has 3 aromatic rings. The van der Waals surface area contributed by atoms with Crippen LogP contribution in [0.3, 0.4) is 0 Å². The highest BCUT2D eigenvalue weighted by Gasteiger charge is 2.14. The van der Waals surface area contributed by atoms with E-state index in [1.54, 1.807) is 18.5 Å². The highest BCUT2D eigenvalue weighted by molar-refractivity contribution is 7.13. The number of thiazole rings is 1. The Kier molecular flexibility index (Phi) is 3.03. The maximum Gasteiger partial charge on any atom is 0.267 e. The number of amides is 1. The number of rotatable bonds is 3. The Morgan fingerprint density at radius 1 is 1.50 bits per heavy atom. The van der Waals surface area contributed by atoms with Gasteiger partial charge in [0.05, 0.1) is 5.69 Å². The minimum atomic E-state index is -0.358. The van der Waals surface area contributed by atoms with Crippen LogP contribution in [0.25, 0.3) is 11.1 Å². The van der Waals surface area contributed by atoms with Crippen LogP contribution in [0.2, 0.25) is 0 Å². The van der Waals surface area contributed by atoms with Crippen molar-refractivity contribution in [3.63, 3.8) is 0 Å². The van der Waals surface area contributed by atoms with Crippen molar-refractivity contribution in [2.45, 2.75) is 13.5 Å². The van der Waals surface area contributed by atoms with Gasteiger partial charge in [-0.3, -0.25) is 14.2 Å². The van der Waals surface area contributed by atoms with Gasteiger partial charge in [-0.05, 0) is 6.92 Å². The summed E-state index contributed by atoms with van der Waals surface area (Å²) in [7, 11) is 0. The minimum Gasteiger partial charge on any atom is -0.335 e. The Bertz CT molecular complexity index is 820. The third-order valence-corrected chi connectivity index (χ3v) is 3.31. The van der Waals surface area contributed by atoms with Gasteiger partial charge in [-0.15, -0.1) is 11.3 Å². The molecule has 0 saturated heterocycles. The molecule has 3 rings (SSSR count). The molecule has 0 bridgehead atoms. The summed E-state index contributed by atoms with van der Waals surface area (Å²) in [4.78, 5) is 31.9. The first-order valence-corrected chi connectivity index (χ1v) is 6.54. The second-order valence-electron chi connectivity index (χ2n) is 4.01. The van der Waals surface area contributed by atoms with Crippen molar-refractivity contribution in [2.24, 2.45) is 0 Å². The first-order chi connectivity index (χ1) is 9.65. The summed E-state index contributed by atoms with van der Waals surface area (Å²) >= 11 is 1.30. The number of nitrogens with zero attached hydrogens (tertiary/aromatic N) is 4. The summed E-state index contributed by atoms with van der Waals surface area (Å²) in [5, 5.41) is 8.79. The molecule has 102 valence electrons. The van der Waals surface area contributed by atoms with Crippen molar-refractivity contribution in [3.8, 4) is 0 Å². The van der Waals surface area contributed by atoms with E-state index in [1.807, 2.05) is 0 Å². The fourth-order valence-electron chi connectivity index (χ4n) is 1.72. The topological polar surface area (TPSA) is 103 Å². The first kappa shape index (κ1) is 12.5. The molecule has 9 heteroatoms. The van der Waals surface area contributed by atoms with Gasteiger partial charge in [0.25, 0.3) is 11.3 Å². The maximum absolute atomic E-state index is 12.2. The van der Waals surface area contributed by atoms with Gasteiger partial charge in [0.15, 0.2) is 5.13 Å². The number of anilines is 1. The number of hydrogen-bond acceptors (Lipinski definition) is 7. The van der Waals surface area contributed by atoms with E-state index in [1.165, 1.54) is 22.2 Å². The van der Waals surface area contributed by atoms with Crippen LogP contribution in [0.4, 0.5) is 5.13 Å². The average molecular weight is 291 g/mol. The van der Waals surface area contributed by atoms with Crippen LogP contribution in [-0.2, 0) is 11.3 Å². The highest BCUT2D eigenvalue weighted by atomic mass is 32.1. The minimum absolute atomic E-state index is 0.147. The van der Waals surface area contributed by atoms with Crippen molar-refractivity contribution in [1.82, 2.24) is 19.7 Å². The van der Waals surface area contributed by atoms with Gasteiger partial charge in [-0.25, -0.2) is 9.97 Å². The third kappa shape index (κ3) is 2.18. The highest BCUT2D eigenvalue weighted by Crippen LogP contribution is 2.11. The SMILES string of the molecule is Cc1noc2ncn(CC(=O)Nc3nccs3)c(=O)c12. The lowest BCUT2D eigenvalue weighted by Gasteiger charge is -2.04. The number of nitrogens with one attached hydrogen (secondary N) is 1. The quantitative estimate of drug-likeness (QED) is 0.765. The van der Waals surface area contributed by atoms with E-state index in [0.29, 0.717) is 10.8 Å². The van der Waals surface area contributed by atoms with Gasteiger partial charge in [0.1, 0.15) is 18.3 Å². The van der Waals surface area contributed by atoms with Crippen LogP contribution in [0.15, 0.2) is 27.2 Å². The number of carbonyl (C=O) groups excluding carboxylic acids is 1. The van der Waals surface area contributed by atoms with E-state index in [0.717, 1.165) is 0 Å². The predicted octanol–water partition coefficient (Wildman–Crippen LogP) is 0.788. The van der Waals surface area contributed by atoms with Crippen LogP contribution in [0.1, 0.15) is 5.69 Å². The largest absolute Gasteiger partial charge is 0.335 e. The van der Waals surface area contributed by atoms with Crippen molar-refractivity contribution in [2.75, 3.05) is 5.32 Å². The van der Waals surface area contributed by atoms with Crippen molar-refractivity contribution in [3.05, 3.63) is 34.0 Å². The number of aromatic nitrogens is 4. The molecular formula is C11H9N5O3S. The molecule has 0 radical (unpaired) electrons. The molecule has 8 nitrogen and oxygen atoms in total. The number of fused-ring (bicyclic) bond motifs is 1. The van der Waals surface area contributed by atoms with Crippen LogP contribution in [0.5, 0.6) is 0 Å². The molecule has 0 aromatic carbocycles. The smallest absolute Gasteiger partial charge is 0.267 e. The Balaban J connectivity index is 1.87. The molecule has 0 aliphatic carbocycles. The van der Waals surface area contributed by atoms with Gasteiger partial charge in [-0.2, -0.15) is 0 Å². The molecule has 1 N–H and O–H groups in total. The second-order valence-corrected chi connectivity index (χ2v) is 4.91. The molecule has 0 aliphatic rings. The molecule has 0 fully saturated rings. The molecular weight excluding hydrogens is 282 g/mol. The Morgan fingerprint density at radius 3 is 3.10 bits per heavy atom. The average Bonchev–Trinajstić information content (AvgIpc) is 3.03. The summed E-state index contributed by atoms with van der Waals surface area (Å²) in [5.41, 5.74) is 0.263. The number of aryl methyl sites for hydroxylation is 1. The zero-order valence-electron chi connectivity index (χ0n) is 10.4. The van der Waals surface area contributed by atoms with Crippen LogP contribution >= 0.6 is 11.3 Å². The Morgan fingerprint density at radius 2 is 2.35 bits per heavy atom. The maximum atomic E-state index is 12.2. The normalized spacial score (nSPS) is 10.8. The van der Waals surface area contributed by atoms with Crippen LogP contribution < -0.4 is 10.9 Å². The summed E-state index contributed by atoms with van der Waals surface area (Å²) < 4.78 is 6.10. The number of carbonyl (C=O) groups is 1. The Labute approximate surface area is 116 Å². The third-order valence-electron chi connectivity index (χ3n) is 2.63. The van der Waals surface area contributed by atoms with Crippen molar-refractivity contribution >= 4 is 33.5 Å². The van der Waals surface area contributed by atoms with E-state index in [2.05, 4.69) is 20.4 Å². The molecule has 0 atom stereocenters. The van der Waals surface area contributed by atoms with E-state index < -0.39 is 0 Å². The summed E-state index contributed by atoms with van der Waals surface area (Å²) in [6.45, 7) is 1.50. The van der Waals surface area contributed by atoms with E-state index in [4.69, 9.17) is 4.52 Å². The molecule has 3 aromatic heterocycles. The van der Waals surface area contributed by atoms with Gasteiger partial charge >= 0.3 is 0 Å². The second kappa shape index (κ2) is 4.85. The lowest BCUT2D eigenvalue weighted by molar-refractivity contribution is -0.116. The zero-order chi connectivity index (χ0) is 14.1. The van der Waals surface area contributed by atoms with Crippen molar-refractivity contribution in [1.29, 1.82) is 0 Å². The number of hydrogen-bond donors (Lipinski definition) is 1. The monoisotopic (exact) mass is 291 g/mol.